The zero-order valence-electron chi connectivity index (χ0n) is 11.8. The van der Waals surface area contributed by atoms with E-state index >= 15 is 0 Å². The van der Waals surface area contributed by atoms with Crippen LogP contribution in [0.4, 0.5) is 5.82 Å². The minimum Gasteiger partial charge on any atom is -0.383 e. The zero-order chi connectivity index (χ0) is 14.0. The topological polar surface area (TPSA) is 61.0 Å². The number of rotatable bonds is 3. The molecule has 100 valence electrons. The highest BCUT2D eigenvalue weighted by atomic mass is 16.5. The molecule has 0 spiro atoms. The average Bonchev–Trinajstić information content (AvgIpc) is 2.42. The molecule has 1 heterocycles. The third-order valence-electron chi connectivity index (χ3n) is 3.28. The van der Waals surface area contributed by atoms with Gasteiger partial charge in [-0.15, -0.1) is 0 Å². The molecule has 0 aliphatic heterocycles. The second kappa shape index (κ2) is 4.97. The summed E-state index contributed by atoms with van der Waals surface area (Å²) in [6, 6.07) is 9.96. The van der Waals surface area contributed by atoms with E-state index in [0.717, 1.165) is 16.8 Å². The number of ether oxygens (including phenoxy) is 1. The summed E-state index contributed by atoms with van der Waals surface area (Å²) in [4.78, 5) is 8.97. The molecule has 2 aromatic rings. The van der Waals surface area contributed by atoms with Gasteiger partial charge in [0.1, 0.15) is 11.4 Å². The summed E-state index contributed by atoms with van der Waals surface area (Å²) >= 11 is 0. The van der Waals surface area contributed by atoms with E-state index in [-0.39, 0.29) is 0 Å². The van der Waals surface area contributed by atoms with Crippen LogP contribution in [0.2, 0.25) is 0 Å². The molecular weight excluding hydrogens is 238 g/mol. The molecule has 0 unspecified atom stereocenters. The van der Waals surface area contributed by atoms with Gasteiger partial charge in [-0.05, 0) is 20.8 Å². The largest absolute Gasteiger partial charge is 0.383 e. The zero-order valence-corrected chi connectivity index (χ0v) is 11.8. The lowest BCUT2D eigenvalue weighted by Gasteiger charge is -2.22. The van der Waals surface area contributed by atoms with E-state index in [4.69, 9.17) is 10.5 Å². The Bertz CT molecular complexity index is 579. The van der Waals surface area contributed by atoms with Crippen molar-refractivity contribution in [3.8, 4) is 11.3 Å². The van der Waals surface area contributed by atoms with Crippen LogP contribution in [0.25, 0.3) is 11.3 Å². The van der Waals surface area contributed by atoms with Crippen molar-refractivity contribution in [1.29, 1.82) is 0 Å². The molecule has 0 saturated carbocycles. The van der Waals surface area contributed by atoms with Gasteiger partial charge in [0.2, 0.25) is 0 Å². The van der Waals surface area contributed by atoms with Gasteiger partial charge < -0.3 is 10.5 Å². The highest BCUT2D eigenvalue weighted by Crippen LogP contribution is 2.28. The molecule has 19 heavy (non-hydrogen) atoms. The first-order chi connectivity index (χ1) is 8.95. The number of aromatic nitrogens is 2. The third-order valence-corrected chi connectivity index (χ3v) is 3.28. The Morgan fingerprint density at radius 2 is 1.74 bits per heavy atom. The number of anilines is 1. The van der Waals surface area contributed by atoms with Crippen LogP contribution < -0.4 is 5.73 Å². The van der Waals surface area contributed by atoms with E-state index < -0.39 is 5.60 Å². The summed E-state index contributed by atoms with van der Waals surface area (Å²) in [6.45, 7) is 5.78. The number of benzene rings is 1. The second-order valence-electron chi connectivity index (χ2n) is 4.99. The predicted octanol–water partition coefficient (Wildman–Crippen LogP) is 2.92. The minimum atomic E-state index is -0.564. The molecule has 0 aliphatic carbocycles. The molecule has 0 bridgehead atoms. The van der Waals surface area contributed by atoms with Gasteiger partial charge >= 0.3 is 0 Å². The van der Waals surface area contributed by atoms with E-state index in [0.29, 0.717) is 11.6 Å². The molecular formula is C15H19N3O. The first-order valence-electron chi connectivity index (χ1n) is 6.21. The van der Waals surface area contributed by atoms with Crippen molar-refractivity contribution in [2.75, 3.05) is 12.8 Å². The summed E-state index contributed by atoms with van der Waals surface area (Å²) in [7, 11) is 1.64. The van der Waals surface area contributed by atoms with Crippen molar-refractivity contribution in [2.24, 2.45) is 0 Å². The van der Waals surface area contributed by atoms with Crippen LogP contribution in [-0.4, -0.2) is 17.1 Å². The van der Waals surface area contributed by atoms with Crippen LogP contribution in [0.5, 0.6) is 0 Å². The van der Waals surface area contributed by atoms with Crippen molar-refractivity contribution >= 4 is 5.82 Å². The summed E-state index contributed by atoms with van der Waals surface area (Å²) in [5, 5.41) is 0. The van der Waals surface area contributed by atoms with Crippen LogP contribution in [0, 0.1) is 6.92 Å². The summed E-state index contributed by atoms with van der Waals surface area (Å²) < 4.78 is 5.43. The summed E-state index contributed by atoms with van der Waals surface area (Å²) in [5.74, 6) is 1.09. The van der Waals surface area contributed by atoms with Gasteiger partial charge in [-0.3, -0.25) is 0 Å². The normalized spacial score (nSPS) is 11.6. The van der Waals surface area contributed by atoms with Crippen LogP contribution in [0.3, 0.4) is 0 Å². The molecule has 2 N–H and O–H groups in total. The van der Waals surface area contributed by atoms with E-state index in [2.05, 4.69) is 9.97 Å². The number of hydrogen-bond acceptors (Lipinski definition) is 4. The Labute approximate surface area is 113 Å². The van der Waals surface area contributed by atoms with Crippen molar-refractivity contribution in [2.45, 2.75) is 26.4 Å². The first kappa shape index (κ1) is 13.5. The van der Waals surface area contributed by atoms with Gasteiger partial charge in [-0.2, -0.15) is 0 Å². The number of hydrogen-bond donors (Lipinski definition) is 1. The molecule has 0 atom stereocenters. The van der Waals surface area contributed by atoms with Crippen molar-refractivity contribution in [1.82, 2.24) is 9.97 Å². The molecule has 0 saturated heterocycles. The van der Waals surface area contributed by atoms with Crippen molar-refractivity contribution in [3.63, 3.8) is 0 Å². The number of methoxy groups -OCH3 is 1. The van der Waals surface area contributed by atoms with E-state index in [1.807, 2.05) is 51.1 Å². The monoisotopic (exact) mass is 257 g/mol. The number of nitrogen functional groups attached to an aromatic ring is 1. The second-order valence-corrected chi connectivity index (χ2v) is 4.99. The molecule has 1 aromatic heterocycles. The molecule has 0 aliphatic rings. The molecule has 0 radical (unpaired) electrons. The summed E-state index contributed by atoms with van der Waals surface area (Å²) in [6.07, 6.45) is 0. The highest BCUT2D eigenvalue weighted by molar-refractivity contribution is 5.67. The maximum atomic E-state index is 6.00. The SMILES string of the molecule is COC(C)(C)c1nc(N)c(C)c(-c2ccccc2)n1. The number of nitrogens with two attached hydrogens (primary N) is 1. The van der Waals surface area contributed by atoms with Gasteiger partial charge in [0, 0.05) is 18.2 Å². The van der Waals surface area contributed by atoms with Crippen LogP contribution in [0.15, 0.2) is 30.3 Å². The quantitative estimate of drug-likeness (QED) is 0.918. The van der Waals surface area contributed by atoms with Gasteiger partial charge in [0.25, 0.3) is 0 Å². The molecule has 4 heteroatoms. The maximum absolute atomic E-state index is 6.00. The highest BCUT2D eigenvalue weighted by Gasteiger charge is 2.25. The van der Waals surface area contributed by atoms with E-state index in [1.54, 1.807) is 7.11 Å². The van der Waals surface area contributed by atoms with Gasteiger partial charge in [-0.1, -0.05) is 30.3 Å². The van der Waals surface area contributed by atoms with Gasteiger partial charge in [-0.25, -0.2) is 9.97 Å². The fourth-order valence-electron chi connectivity index (χ4n) is 1.77. The van der Waals surface area contributed by atoms with Crippen molar-refractivity contribution < 1.29 is 4.74 Å². The Kier molecular flexibility index (Phi) is 3.53. The molecule has 1 aromatic carbocycles. The average molecular weight is 257 g/mol. The minimum absolute atomic E-state index is 0.494. The smallest absolute Gasteiger partial charge is 0.162 e. The third kappa shape index (κ3) is 2.58. The fourth-order valence-corrected chi connectivity index (χ4v) is 1.77. The first-order valence-corrected chi connectivity index (χ1v) is 6.21. The molecule has 2 rings (SSSR count). The Morgan fingerprint density at radius 1 is 1.11 bits per heavy atom. The van der Waals surface area contributed by atoms with Crippen LogP contribution >= 0.6 is 0 Å². The Morgan fingerprint density at radius 3 is 2.32 bits per heavy atom. The molecule has 0 fully saturated rings. The lowest BCUT2D eigenvalue weighted by atomic mass is 10.0. The fraction of sp³-hybridized carbons (Fsp3) is 0.333. The van der Waals surface area contributed by atoms with E-state index in [9.17, 15) is 0 Å². The Balaban J connectivity index is 2.62. The van der Waals surface area contributed by atoms with Gasteiger partial charge in [0.15, 0.2) is 5.82 Å². The molecule has 4 nitrogen and oxygen atoms in total. The molecule has 0 amide bonds. The maximum Gasteiger partial charge on any atom is 0.162 e. The van der Waals surface area contributed by atoms with Crippen LogP contribution in [-0.2, 0) is 10.3 Å². The lowest BCUT2D eigenvalue weighted by Crippen LogP contribution is -2.24. The lowest BCUT2D eigenvalue weighted by molar-refractivity contribution is 0.0117. The summed E-state index contributed by atoms with van der Waals surface area (Å²) in [5.41, 5.74) is 8.21. The number of nitrogens with zero attached hydrogens (tertiary/aromatic N) is 2. The van der Waals surface area contributed by atoms with Gasteiger partial charge in [0.05, 0.1) is 5.69 Å². The van der Waals surface area contributed by atoms with E-state index in [1.165, 1.54) is 0 Å². The standard InChI is InChI=1S/C15H19N3O/c1-10-12(11-8-6-5-7-9-11)17-14(18-13(10)16)15(2,3)19-4/h5-9H,1-4H3,(H2,16,17,18). The Hall–Kier alpha value is -1.94. The van der Waals surface area contributed by atoms with Crippen LogP contribution in [0.1, 0.15) is 25.2 Å². The predicted molar refractivity (Wildman–Crippen MR) is 76.7 cm³/mol. The van der Waals surface area contributed by atoms with Crippen molar-refractivity contribution in [3.05, 3.63) is 41.7 Å².